The van der Waals surface area contributed by atoms with Crippen molar-refractivity contribution in [3.8, 4) is 17.1 Å². The van der Waals surface area contributed by atoms with Gasteiger partial charge < -0.3 is 13.7 Å². The van der Waals surface area contributed by atoms with Crippen molar-refractivity contribution >= 4 is 135 Å². The van der Waals surface area contributed by atoms with Crippen molar-refractivity contribution in [3.63, 3.8) is 0 Å². The maximum absolute atomic E-state index is 2.53. The third-order valence-electron chi connectivity index (χ3n) is 22.6. The van der Waals surface area contributed by atoms with Crippen LogP contribution in [0.15, 0.2) is 237 Å². The highest BCUT2D eigenvalue weighted by molar-refractivity contribution is 7.00. The minimum absolute atomic E-state index is 0.0138. The first-order valence-electron chi connectivity index (χ1n) is 32.5. The van der Waals surface area contributed by atoms with Crippen molar-refractivity contribution < 1.29 is 0 Å². The summed E-state index contributed by atoms with van der Waals surface area (Å²) >= 11 is 0. The summed E-state index contributed by atoms with van der Waals surface area (Å²) in [4.78, 5) is 0. The highest BCUT2D eigenvalue weighted by Gasteiger charge is 2.48. The molecule has 90 heavy (non-hydrogen) atoms. The Morgan fingerprint density at radius 1 is 0.267 bits per heavy atom. The van der Waals surface area contributed by atoms with Crippen LogP contribution >= 0.6 is 0 Å². The first kappa shape index (κ1) is 52.2. The van der Waals surface area contributed by atoms with E-state index >= 15 is 0 Å². The molecule has 0 bridgehead atoms. The Hall–Kier alpha value is -9.77. The third kappa shape index (κ3) is 6.53. The molecule has 15 aromatic rings. The summed E-state index contributed by atoms with van der Waals surface area (Å²) in [6, 6.07) is 89.1. The molecule has 6 heteroatoms. The monoisotopic (exact) mass is 1150 g/mol. The second kappa shape index (κ2) is 18.0. The van der Waals surface area contributed by atoms with Gasteiger partial charge in [0.15, 0.2) is 0 Å². The highest BCUT2D eigenvalue weighted by atomic mass is 15.0. The number of hydrogen-bond acceptors (Lipinski definition) is 0. The van der Waals surface area contributed by atoms with Crippen LogP contribution in [0, 0.1) is 20.8 Å². The Balaban J connectivity index is 0.0000000972. The van der Waals surface area contributed by atoms with Gasteiger partial charge in [-0.2, -0.15) is 0 Å². The van der Waals surface area contributed by atoms with Gasteiger partial charge in [-0.05, 0) is 141 Å². The van der Waals surface area contributed by atoms with Gasteiger partial charge in [-0.15, -0.1) is 0 Å². The lowest BCUT2D eigenvalue weighted by molar-refractivity contribution is 0.646. The number of nitrogens with zero attached hydrogens (tertiary/aromatic N) is 3. The smallest absolute Gasteiger partial charge is 0.247 e. The molecule has 3 nitrogen and oxygen atoms in total. The van der Waals surface area contributed by atoms with Gasteiger partial charge in [-0.3, -0.25) is 0 Å². The Kier molecular flexibility index (Phi) is 10.4. The molecule has 3 aromatic heterocycles. The number of aryl methyl sites for hydroxylation is 3. The first-order valence-corrected chi connectivity index (χ1v) is 32.5. The maximum atomic E-state index is 2.53. The fourth-order valence-electron chi connectivity index (χ4n) is 18.7. The molecule has 0 aliphatic carbocycles. The van der Waals surface area contributed by atoms with Crippen LogP contribution in [0.5, 0.6) is 0 Å². The normalized spacial score (nSPS) is 15.4. The van der Waals surface area contributed by atoms with E-state index in [1.807, 2.05) is 0 Å². The predicted octanol–water partition coefficient (Wildman–Crippen LogP) is 13.7. The lowest BCUT2D eigenvalue weighted by Crippen LogP contribution is -2.63. The van der Waals surface area contributed by atoms with E-state index in [9.17, 15) is 0 Å². The van der Waals surface area contributed by atoms with Crippen LogP contribution in [0.3, 0.4) is 0 Å². The Morgan fingerprint density at radius 3 is 1.12 bits per heavy atom. The molecule has 6 aliphatic heterocycles. The molecule has 21 rings (SSSR count). The summed E-state index contributed by atoms with van der Waals surface area (Å²) in [6.07, 6.45) is 0. The molecule has 0 amide bonds. The first-order chi connectivity index (χ1) is 43.7. The van der Waals surface area contributed by atoms with Crippen LogP contribution in [-0.4, -0.2) is 33.8 Å². The molecule has 9 heterocycles. The third-order valence-corrected chi connectivity index (χ3v) is 22.6. The minimum Gasteiger partial charge on any atom is -0.310 e. The van der Waals surface area contributed by atoms with Crippen molar-refractivity contribution in [2.24, 2.45) is 0 Å². The van der Waals surface area contributed by atoms with Crippen LogP contribution in [0.2, 0.25) is 0 Å². The average molecular weight is 1150 g/mol. The van der Waals surface area contributed by atoms with Crippen LogP contribution in [0.1, 0.15) is 91.6 Å². The van der Waals surface area contributed by atoms with Gasteiger partial charge in [-0.1, -0.05) is 258 Å². The molecule has 0 saturated carbocycles. The van der Waals surface area contributed by atoms with Crippen LogP contribution in [-0.2, 0) is 16.2 Å². The van der Waals surface area contributed by atoms with Crippen LogP contribution < -0.4 is 49.2 Å². The molecule has 6 aliphatic rings. The molecular weight excluding hydrogens is 1080 g/mol. The molecule has 426 valence electrons. The van der Waals surface area contributed by atoms with E-state index in [0.717, 1.165) is 0 Å². The van der Waals surface area contributed by atoms with Crippen molar-refractivity contribution in [2.75, 3.05) is 0 Å². The topological polar surface area (TPSA) is 14.8 Å². The largest absolute Gasteiger partial charge is 0.310 e. The summed E-state index contributed by atoms with van der Waals surface area (Å²) in [6.45, 7) is 21.8. The minimum atomic E-state index is -0.0147. The molecule has 0 fully saturated rings. The standard InChI is InChI=1S/3C28H22BN/c1-17-9-8-14-24-25(17)18-15-16-20-26-27(18)30(24)23-13-7-6-12-22(23)29(26)21-11-5-4-10-19(21)28(20,2)3;1-17-12-15-24-19(16-17)18-13-14-21-26-27(18)30(24)25-11-7-6-10-23(25)29(26)22-9-5-4-8-20(22)28(21,2)3;1-17-12-13-18-19-14-15-21-26-27(19)30(25(18)16-17)24-11-7-6-10-23(24)29(26)22-9-5-4-8-20(22)28(21,2)3/h3*4-16H,1-3H3. The zero-order valence-corrected chi connectivity index (χ0v) is 52.6. The van der Waals surface area contributed by atoms with Crippen molar-refractivity contribution in [1.82, 2.24) is 13.7 Å². The zero-order chi connectivity index (χ0) is 60.6. The van der Waals surface area contributed by atoms with Crippen LogP contribution in [0.25, 0.3) is 82.5 Å². The summed E-state index contributed by atoms with van der Waals surface area (Å²) in [5, 5.41) is 8.24. The molecular formula is C84H66B3N3. The summed E-state index contributed by atoms with van der Waals surface area (Å²) in [5.74, 6) is 0. The lowest BCUT2D eigenvalue weighted by Gasteiger charge is -2.41. The molecule has 12 aromatic carbocycles. The maximum Gasteiger partial charge on any atom is 0.247 e. The number of aromatic nitrogens is 3. The van der Waals surface area contributed by atoms with Crippen LogP contribution in [0.4, 0.5) is 0 Å². The van der Waals surface area contributed by atoms with Gasteiger partial charge in [0.1, 0.15) is 0 Å². The Bertz CT molecular complexity index is 5610. The molecule has 0 saturated heterocycles. The number of para-hydroxylation sites is 3. The number of fused-ring (bicyclic) bond motifs is 24. The zero-order valence-electron chi connectivity index (χ0n) is 52.6. The van der Waals surface area contributed by atoms with E-state index in [2.05, 4.69) is 313 Å². The van der Waals surface area contributed by atoms with Crippen molar-refractivity contribution in [3.05, 3.63) is 287 Å². The quantitative estimate of drug-likeness (QED) is 0.134. The number of hydrogen-bond donors (Lipinski definition) is 0. The second-order valence-corrected chi connectivity index (χ2v) is 28.4. The van der Waals surface area contributed by atoms with Gasteiger partial charge in [0.25, 0.3) is 0 Å². The summed E-state index contributed by atoms with van der Waals surface area (Å²) in [5.41, 5.74) is 38.0. The second-order valence-electron chi connectivity index (χ2n) is 28.4. The summed E-state index contributed by atoms with van der Waals surface area (Å²) in [7, 11) is 0. The SMILES string of the molecule is Cc1ccc2c(c1)c1ccc3c4c1n2-c1ccccc1B4c1ccccc1C3(C)C.Cc1ccc2c3ccc4c5c3n(c2c1)-c1ccccc1B5c1ccccc1C4(C)C.Cc1cccc2c1c1ccc3c4c1n2-c1ccccc1B4c1ccccc1C3(C)C. The Labute approximate surface area is 527 Å². The molecule has 0 radical (unpaired) electrons. The van der Waals surface area contributed by atoms with Gasteiger partial charge in [-0.25, -0.2) is 0 Å². The highest BCUT2D eigenvalue weighted by Crippen LogP contribution is 2.45. The summed E-state index contributed by atoms with van der Waals surface area (Å²) < 4.78 is 7.59. The van der Waals surface area contributed by atoms with E-state index < -0.39 is 0 Å². The van der Waals surface area contributed by atoms with Gasteiger partial charge in [0, 0.05) is 82.2 Å². The molecule has 0 unspecified atom stereocenters. The van der Waals surface area contributed by atoms with Gasteiger partial charge in [0.05, 0.1) is 16.6 Å². The van der Waals surface area contributed by atoms with E-state index in [1.165, 1.54) is 182 Å². The van der Waals surface area contributed by atoms with E-state index in [0.29, 0.717) is 20.1 Å². The predicted molar refractivity (Wildman–Crippen MR) is 386 cm³/mol. The van der Waals surface area contributed by atoms with Gasteiger partial charge >= 0.3 is 0 Å². The molecule has 0 N–H and O–H groups in total. The fraction of sp³-hybridized carbons (Fsp3) is 0.143. The van der Waals surface area contributed by atoms with E-state index in [4.69, 9.17) is 0 Å². The fourth-order valence-corrected chi connectivity index (χ4v) is 18.7. The number of rotatable bonds is 0. The molecule has 0 atom stereocenters. The van der Waals surface area contributed by atoms with Gasteiger partial charge in [0.2, 0.25) is 20.1 Å². The average Bonchev–Trinajstić information content (AvgIpc) is 1.32. The number of benzene rings is 12. The Morgan fingerprint density at radius 2 is 0.633 bits per heavy atom. The lowest BCUT2D eigenvalue weighted by atomic mass is 9.30. The van der Waals surface area contributed by atoms with E-state index in [1.54, 1.807) is 0 Å². The van der Waals surface area contributed by atoms with E-state index in [-0.39, 0.29) is 16.2 Å². The van der Waals surface area contributed by atoms with Crippen molar-refractivity contribution in [2.45, 2.75) is 78.6 Å². The molecule has 0 spiro atoms. The van der Waals surface area contributed by atoms with Crippen molar-refractivity contribution in [1.29, 1.82) is 0 Å².